The Kier molecular flexibility index (Phi) is 37.4. The summed E-state index contributed by atoms with van der Waals surface area (Å²) in [5.41, 5.74) is 0. The highest BCUT2D eigenvalue weighted by atomic mass is 16.3. The van der Waals surface area contributed by atoms with Crippen molar-refractivity contribution >= 4 is 5.91 Å². The second-order valence-corrected chi connectivity index (χ2v) is 14.1. The molecule has 0 aromatic rings. The zero-order chi connectivity index (χ0) is 33.6. The summed E-state index contributed by atoms with van der Waals surface area (Å²) in [5, 5.41) is 22.9. The molecule has 0 aliphatic rings. The van der Waals surface area contributed by atoms with Crippen LogP contribution in [0, 0.1) is 0 Å². The second kappa shape index (κ2) is 38.3. The van der Waals surface area contributed by atoms with Crippen molar-refractivity contribution in [2.75, 3.05) is 6.61 Å². The predicted molar refractivity (Wildman–Crippen MR) is 202 cm³/mol. The van der Waals surface area contributed by atoms with Gasteiger partial charge in [0.15, 0.2) is 0 Å². The molecule has 0 radical (unpaired) electrons. The van der Waals surface area contributed by atoms with Gasteiger partial charge >= 0.3 is 0 Å². The predicted octanol–water partition coefficient (Wildman–Crippen LogP) is 12.5. The van der Waals surface area contributed by atoms with Crippen LogP contribution in [0.15, 0.2) is 24.3 Å². The maximum absolute atomic E-state index is 12.3. The largest absolute Gasteiger partial charge is 0.394 e. The standard InChI is InChI=1S/C42H81NO3/c1-3-5-7-9-11-13-15-17-18-19-20-21-22-23-24-25-26-27-29-31-33-35-37-41(45)40(39-44)43-42(46)38-36-34-32-30-28-16-14-12-10-8-6-4-2/h12,14,35,37,40-41,44-45H,3-11,13,15-34,36,38-39H2,1-2H3,(H,43,46)/b14-12-,37-35+. The Morgan fingerprint density at radius 3 is 1.24 bits per heavy atom. The Balaban J connectivity index is 3.54. The topological polar surface area (TPSA) is 69.6 Å². The van der Waals surface area contributed by atoms with Gasteiger partial charge in [0.2, 0.25) is 5.91 Å². The molecule has 0 saturated carbocycles. The Hall–Kier alpha value is -1.13. The molecule has 4 heteroatoms. The summed E-state index contributed by atoms with van der Waals surface area (Å²) in [6.07, 6.45) is 48.5. The van der Waals surface area contributed by atoms with Crippen LogP contribution < -0.4 is 5.32 Å². The third-order valence-corrected chi connectivity index (χ3v) is 9.43. The number of amides is 1. The Labute approximate surface area is 288 Å². The SMILES string of the molecule is CCCCC/C=C\CCCCCCCC(=O)NC(CO)C(O)/C=C/CCCCCCCCCCCCCCCCCCCCCC. The van der Waals surface area contributed by atoms with Crippen LogP contribution in [0.4, 0.5) is 0 Å². The van der Waals surface area contributed by atoms with Crippen LogP contribution in [0.1, 0.15) is 219 Å². The molecular formula is C42H81NO3. The Bertz CT molecular complexity index is 661. The number of allylic oxidation sites excluding steroid dienone is 3. The van der Waals surface area contributed by atoms with Crippen LogP contribution in [-0.4, -0.2) is 34.9 Å². The quantitative estimate of drug-likeness (QED) is 0.0464. The molecule has 0 saturated heterocycles. The Morgan fingerprint density at radius 1 is 0.500 bits per heavy atom. The first kappa shape index (κ1) is 44.9. The number of aliphatic hydroxyl groups excluding tert-OH is 2. The van der Waals surface area contributed by atoms with Crippen LogP contribution in [0.25, 0.3) is 0 Å². The maximum atomic E-state index is 12.3. The van der Waals surface area contributed by atoms with Gasteiger partial charge in [0.1, 0.15) is 0 Å². The number of rotatable bonds is 37. The van der Waals surface area contributed by atoms with E-state index in [4.69, 9.17) is 0 Å². The van der Waals surface area contributed by atoms with E-state index in [1.807, 2.05) is 6.08 Å². The molecule has 3 N–H and O–H groups in total. The molecule has 272 valence electrons. The van der Waals surface area contributed by atoms with E-state index in [0.717, 1.165) is 38.5 Å². The van der Waals surface area contributed by atoms with E-state index < -0.39 is 12.1 Å². The van der Waals surface area contributed by atoms with Crippen LogP contribution in [0.5, 0.6) is 0 Å². The fourth-order valence-corrected chi connectivity index (χ4v) is 6.23. The Morgan fingerprint density at radius 2 is 0.826 bits per heavy atom. The van der Waals surface area contributed by atoms with Crippen LogP contribution in [-0.2, 0) is 4.79 Å². The first-order chi connectivity index (χ1) is 22.7. The molecule has 0 spiro atoms. The minimum absolute atomic E-state index is 0.0735. The van der Waals surface area contributed by atoms with Crippen molar-refractivity contribution in [3.8, 4) is 0 Å². The van der Waals surface area contributed by atoms with Crippen molar-refractivity contribution in [1.29, 1.82) is 0 Å². The zero-order valence-corrected chi connectivity index (χ0v) is 31.1. The summed E-state index contributed by atoms with van der Waals surface area (Å²) in [4.78, 5) is 12.3. The molecule has 4 nitrogen and oxygen atoms in total. The number of aliphatic hydroxyl groups is 2. The van der Waals surface area contributed by atoms with Gasteiger partial charge in [-0.3, -0.25) is 4.79 Å². The molecule has 0 aromatic carbocycles. The molecule has 2 unspecified atom stereocenters. The lowest BCUT2D eigenvalue weighted by Crippen LogP contribution is -2.45. The second-order valence-electron chi connectivity index (χ2n) is 14.1. The number of carbonyl (C=O) groups excluding carboxylic acids is 1. The minimum Gasteiger partial charge on any atom is -0.394 e. The normalized spacial score (nSPS) is 13.2. The van der Waals surface area contributed by atoms with E-state index in [0.29, 0.717) is 6.42 Å². The average Bonchev–Trinajstić information content (AvgIpc) is 3.06. The van der Waals surface area contributed by atoms with Crippen molar-refractivity contribution in [3.63, 3.8) is 0 Å². The monoisotopic (exact) mass is 648 g/mol. The van der Waals surface area contributed by atoms with E-state index in [-0.39, 0.29) is 12.5 Å². The van der Waals surface area contributed by atoms with E-state index in [1.165, 1.54) is 161 Å². The third-order valence-electron chi connectivity index (χ3n) is 9.43. The third kappa shape index (κ3) is 34.2. The summed E-state index contributed by atoms with van der Waals surface area (Å²) in [5.74, 6) is -0.0735. The molecule has 0 aromatic heterocycles. The van der Waals surface area contributed by atoms with Crippen molar-refractivity contribution in [2.45, 2.75) is 231 Å². The van der Waals surface area contributed by atoms with Gasteiger partial charge in [0, 0.05) is 6.42 Å². The van der Waals surface area contributed by atoms with E-state index in [9.17, 15) is 15.0 Å². The van der Waals surface area contributed by atoms with Crippen molar-refractivity contribution in [2.24, 2.45) is 0 Å². The lowest BCUT2D eigenvalue weighted by molar-refractivity contribution is -0.123. The van der Waals surface area contributed by atoms with Gasteiger partial charge in [0.25, 0.3) is 0 Å². The first-order valence-electron chi connectivity index (χ1n) is 20.6. The van der Waals surface area contributed by atoms with Crippen LogP contribution in [0.3, 0.4) is 0 Å². The van der Waals surface area contributed by atoms with E-state index in [1.54, 1.807) is 6.08 Å². The number of carbonyl (C=O) groups is 1. The van der Waals surface area contributed by atoms with Crippen molar-refractivity contribution in [3.05, 3.63) is 24.3 Å². The zero-order valence-electron chi connectivity index (χ0n) is 31.1. The molecule has 0 bridgehead atoms. The van der Waals surface area contributed by atoms with E-state index >= 15 is 0 Å². The van der Waals surface area contributed by atoms with Gasteiger partial charge in [-0.25, -0.2) is 0 Å². The van der Waals surface area contributed by atoms with E-state index in [2.05, 4.69) is 31.3 Å². The number of hydrogen-bond donors (Lipinski definition) is 3. The molecular weight excluding hydrogens is 566 g/mol. The molecule has 0 heterocycles. The van der Waals surface area contributed by atoms with Gasteiger partial charge in [-0.15, -0.1) is 0 Å². The summed E-state index contributed by atoms with van der Waals surface area (Å²) in [6.45, 7) is 4.28. The first-order valence-corrected chi connectivity index (χ1v) is 20.6. The fourth-order valence-electron chi connectivity index (χ4n) is 6.23. The smallest absolute Gasteiger partial charge is 0.220 e. The highest BCUT2D eigenvalue weighted by Crippen LogP contribution is 2.15. The van der Waals surface area contributed by atoms with Crippen LogP contribution in [0.2, 0.25) is 0 Å². The molecule has 0 rings (SSSR count). The highest BCUT2D eigenvalue weighted by molar-refractivity contribution is 5.76. The average molecular weight is 648 g/mol. The number of nitrogens with one attached hydrogen (secondary N) is 1. The van der Waals surface area contributed by atoms with Crippen molar-refractivity contribution in [1.82, 2.24) is 5.32 Å². The van der Waals surface area contributed by atoms with Gasteiger partial charge in [-0.1, -0.05) is 192 Å². The van der Waals surface area contributed by atoms with Gasteiger partial charge in [-0.2, -0.15) is 0 Å². The number of unbranched alkanes of at least 4 members (excludes halogenated alkanes) is 28. The molecule has 0 aliphatic heterocycles. The summed E-state index contributed by atoms with van der Waals surface area (Å²) >= 11 is 0. The molecule has 1 amide bonds. The lowest BCUT2D eigenvalue weighted by Gasteiger charge is -2.20. The lowest BCUT2D eigenvalue weighted by atomic mass is 10.0. The van der Waals surface area contributed by atoms with Gasteiger partial charge in [-0.05, 0) is 44.9 Å². The maximum Gasteiger partial charge on any atom is 0.220 e. The van der Waals surface area contributed by atoms with Crippen molar-refractivity contribution < 1.29 is 15.0 Å². The molecule has 46 heavy (non-hydrogen) atoms. The van der Waals surface area contributed by atoms with Crippen LogP contribution >= 0.6 is 0 Å². The minimum atomic E-state index is -0.839. The summed E-state index contributed by atoms with van der Waals surface area (Å²) < 4.78 is 0. The fraction of sp³-hybridized carbons (Fsp3) is 0.881. The molecule has 2 atom stereocenters. The number of hydrogen-bond acceptors (Lipinski definition) is 3. The molecule has 0 fully saturated rings. The summed E-state index contributed by atoms with van der Waals surface area (Å²) in [6, 6.07) is -0.622. The highest BCUT2D eigenvalue weighted by Gasteiger charge is 2.17. The summed E-state index contributed by atoms with van der Waals surface area (Å²) in [7, 11) is 0. The van der Waals surface area contributed by atoms with Gasteiger partial charge < -0.3 is 15.5 Å². The molecule has 0 aliphatic carbocycles. The van der Waals surface area contributed by atoms with Gasteiger partial charge in [0.05, 0.1) is 18.8 Å².